The van der Waals surface area contributed by atoms with Crippen LogP contribution in [-0.4, -0.2) is 5.91 Å². The molecule has 20 heavy (non-hydrogen) atoms. The summed E-state index contributed by atoms with van der Waals surface area (Å²) in [6, 6.07) is 6.48. The first-order valence-electron chi connectivity index (χ1n) is 5.29. The van der Waals surface area contributed by atoms with Crippen molar-refractivity contribution in [2.24, 2.45) is 0 Å². The number of benzene rings is 2. The van der Waals surface area contributed by atoms with E-state index in [0.717, 1.165) is 10.5 Å². The number of nitrogens with one attached hydrogen (secondary N) is 1. The lowest BCUT2D eigenvalue weighted by Gasteiger charge is -2.10. The summed E-state index contributed by atoms with van der Waals surface area (Å²) in [5.41, 5.74) is 0.0425. The Balaban J connectivity index is 2.33. The maximum Gasteiger partial charge on any atom is 0.256 e. The van der Waals surface area contributed by atoms with E-state index in [1.165, 1.54) is 0 Å². The van der Waals surface area contributed by atoms with Crippen LogP contribution in [0.4, 0.5) is 14.5 Å². The van der Waals surface area contributed by atoms with E-state index in [-0.39, 0.29) is 10.7 Å². The standard InChI is InChI=1S/C13H6Br2ClF2NO/c14-6-1-2-8(9(15)3-6)13(20)19-12-10(16)4-7(17)5-11(12)18/h1-5H,(H,19,20). The number of hydrogen-bond donors (Lipinski definition) is 1. The highest BCUT2D eigenvalue weighted by molar-refractivity contribution is 9.11. The van der Waals surface area contributed by atoms with Crippen LogP contribution in [0.3, 0.4) is 0 Å². The van der Waals surface area contributed by atoms with E-state index in [2.05, 4.69) is 37.2 Å². The van der Waals surface area contributed by atoms with E-state index in [1.807, 2.05) is 0 Å². The molecule has 2 aromatic rings. The zero-order valence-corrected chi connectivity index (χ0v) is 13.6. The van der Waals surface area contributed by atoms with Gasteiger partial charge in [-0.05, 0) is 40.2 Å². The van der Waals surface area contributed by atoms with Crippen molar-refractivity contribution in [1.29, 1.82) is 0 Å². The molecular weight excluding hydrogens is 419 g/mol. The normalized spacial score (nSPS) is 10.4. The van der Waals surface area contributed by atoms with Gasteiger partial charge in [0.05, 0.1) is 16.3 Å². The zero-order valence-electron chi connectivity index (χ0n) is 9.68. The van der Waals surface area contributed by atoms with Crippen LogP contribution in [0.2, 0.25) is 5.02 Å². The van der Waals surface area contributed by atoms with Gasteiger partial charge in [0.1, 0.15) is 5.82 Å². The molecular formula is C13H6Br2ClF2NO. The number of anilines is 1. The average molecular weight is 425 g/mol. The smallest absolute Gasteiger partial charge is 0.256 e. The van der Waals surface area contributed by atoms with Gasteiger partial charge >= 0.3 is 0 Å². The Labute approximate surface area is 135 Å². The van der Waals surface area contributed by atoms with Crippen molar-refractivity contribution in [3.63, 3.8) is 0 Å². The molecule has 104 valence electrons. The Morgan fingerprint density at radius 2 is 1.85 bits per heavy atom. The molecule has 0 spiro atoms. The minimum atomic E-state index is -0.934. The third-order valence-electron chi connectivity index (χ3n) is 2.42. The molecule has 1 N–H and O–H groups in total. The zero-order chi connectivity index (χ0) is 14.9. The van der Waals surface area contributed by atoms with Crippen molar-refractivity contribution >= 4 is 55.1 Å². The third kappa shape index (κ3) is 3.37. The first kappa shape index (κ1) is 15.4. The lowest BCUT2D eigenvalue weighted by atomic mass is 10.2. The molecule has 0 fully saturated rings. The quantitative estimate of drug-likeness (QED) is 0.686. The van der Waals surface area contributed by atoms with Crippen molar-refractivity contribution in [2.75, 3.05) is 5.32 Å². The molecule has 2 rings (SSSR count). The fourth-order valence-electron chi connectivity index (χ4n) is 1.52. The fourth-order valence-corrected chi connectivity index (χ4v) is 2.98. The average Bonchev–Trinajstić information content (AvgIpc) is 2.33. The van der Waals surface area contributed by atoms with E-state index >= 15 is 0 Å². The van der Waals surface area contributed by atoms with E-state index in [9.17, 15) is 13.6 Å². The molecule has 0 unspecified atom stereocenters. The van der Waals surface area contributed by atoms with Crippen molar-refractivity contribution < 1.29 is 13.6 Å². The van der Waals surface area contributed by atoms with Crippen LogP contribution >= 0.6 is 43.5 Å². The lowest BCUT2D eigenvalue weighted by Crippen LogP contribution is -2.14. The highest BCUT2D eigenvalue weighted by atomic mass is 79.9. The Morgan fingerprint density at radius 1 is 1.15 bits per heavy atom. The van der Waals surface area contributed by atoms with Crippen LogP contribution in [0.5, 0.6) is 0 Å². The molecule has 0 bridgehead atoms. The molecule has 0 atom stereocenters. The minimum absolute atomic E-state index is 0.205. The highest BCUT2D eigenvalue weighted by Crippen LogP contribution is 2.28. The molecule has 0 aliphatic heterocycles. The second-order valence-corrected chi connectivity index (χ2v) is 6.00. The predicted molar refractivity (Wildman–Crippen MR) is 81.2 cm³/mol. The van der Waals surface area contributed by atoms with Crippen LogP contribution in [0.15, 0.2) is 39.3 Å². The lowest BCUT2D eigenvalue weighted by molar-refractivity contribution is 0.102. The molecule has 0 aromatic heterocycles. The SMILES string of the molecule is O=C(Nc1c(F)cc(F)cc1Cl)c1ccc(Br)cc1Br. The molecule has 0 radical (unpaired) electrons. The first-order chi connectivity index (χ1) is 9.38. The highest BCUT2D eigenvalue weighted by Gasteiger charge is 2.16. The number of hydrogen-bond acceptors (Lipinski definition) is 1. The summed E-state index contributed by atoms with van der Waals surface area (Å²) in [5, 5.41) is 2.12. The maximum atomic E-state index is 13.6. The predicted octanol–water partition coefficient (Wildman–Crippen LogP) is 5.40. The molecule has 0 aliphatic rings. The van der Waals surface area contributed by atoms with Crippen LogP contribution in [-0.2, 0) is 0 Å². The van der Waals surface area contributed by atoms with Crippen LogP contribution in [0, 0.1) is 11.6 Å². The number of carbonyl (C=O) groups excluding carboxylic acids is 1. The summed E-state index contributed by atoms with van der Waals surface area (Å²) in [4.78, 5) is 12.1. The summed E-state index contributed by atoms with van der Waals surface area (Å²) in [6.45, 7) is 0. The Kier molecular flexibility index (Phi) is 4.78. The summed E-state index contributed by atoms with van der Waals surface area (Å²) >= 11 is 12.2. The number of carbonyl (C=O) groups is 1. The molecule has 1 amide bonds. The number of rotatable bonds is 2. The number of amides is 1. The van der Waals surface area contributed by atoms with Crippen LogP contribution < -0.4 is 5.32 Å². The second-order valence-electron chi connectivity index (χ2n) is 3.82. The van der Waals surface area contributed by atoms with Crippen molar-refractivity contribution in [1.82, 2.24) is 0 Å². The van der Waals surface area contributed by atoms with E-state index in [0.29, 0.717) is 16.1 Å². The van der Waals surface area contributed by atoms with Gasteiger partial charge in [0, 0.05) is 15.0 Å². The van der Waals surface area contributed by atoms with Gasteiger partial charge < -0.3 is 5.32 Å². The third-order valence-corrected chi connectivity index (χ3v) is 3.87. The molecule has 0 saturated carbocycles. The van der Waals surface area contributed by atoms with Crippen molar-refractivity contribution in [3.05, 3.63) is 61.5 Å². The topological polar surface area (TPSA) is 29.1 Å². The van der Waals surface area contributed by atoms with Gasteiger partial charge in [0.25, 0.3) is 5.91 Å². The van der Waals surface area contributed by atoms with E-state index in [4.69, 9.17) is 11.6 Å². The first-order valence-corrected chi connectivity index (χ1v) is 7.26. The maximum absolute atomic E-state index is 13.6. The monoisotopic (exact) mass is 423 g/mol. The summed E-state index contributed by atoms with van der Waals surface area (Å²) < 4.78 is 27.8. The van der Waals surface area contributed by atoms with Crippen molar-refractivity contribution in [3.8, 4) is 0 Å². The van der Waals surface area contributed by atoms with E-state index in [1.54, 1.807) is 18.2 Å². The number of halogens is 5. The molecule has 7 heteroatoms. The Hall–Kier alpha value is -0.980. The van der Waals surface area contributed by atoms with Gasteiger partial charge in [-0.1, -0.05) is 27.5 Å². The van der Waals surface area contributed by atoms with Gasteiger partial charge in [-0.15, -0.1) is 0 Å². The molecule has 2 nitrogen and oxygen atoms in total. The second kappa shape index (κ2) is 6.20. The molecule has 0 aliphatic carbocycles. The summed E-state index contributed by atoms with van der Waals surface area (Å²) in [7, 11) is 0. The van der Waals surface area contributed by atoms with Crippen LogP contribution in [0.1, 0.15) is 10.4 Å². The van der Waals surface area contributed by atoms with Gasteiger partial charge in [-0.25, -0.2) is 8.78 Å². The van der Waals surface area contributed by atoms with E-state index < -0.39 is 17.5 Å². The van der Waals surface area contributed by atoms with Crippen molar-refractivity contribution in [2.45, 2.75) is 0 Å². The minimum Gasteiger partial charge on any atom is -0.318 e. The summed E-state index contributed by atoms with van der Waals surface area (Å²) in [6.07, 6.45) is 0. The van der Waals surface area contributed by atoms with Gasteiger partial charge in [0.2, 0.25) is 0 Å². The Bertz CT molecular complexity index is 671. The molecule has 0 saturated heterocycles. The van der Waals surface area contributed by atoms with Gasteiger partial charge in [0.15, 0.2) is 5.82 Å². The van der Waals surface area contributed by atoms with Gasteiger partial charge in [-0.3, -0.25) is 4.79 Å². The van der Waals surface area contributed by atoms with Crippen LogP contribution in [0.25, 0.3) is 0 Å². The molecule has 0 heterocycles. The molecule has 2 aromatic carbocycles. The summed E-state index contributed by atoms with van der Waals surface area (Å²) in [5.74, 6) is -2.30. The van der Waals surface area contributed by atoms with Gasteiger partial charge in [-0.2, -0.15) is 0 Å². The largest absolute Gasteiger partial charge is 0.318 e. The Morgan fingerprint density at radius 3 is 2.45 bits per heavy atom. The fraction of sp³-hybridized carbons (Fsp3) is 0.